The molecule has 4 rings (SSSR count). The van der Waals surface area contributed by atoms with E-state index in [-0.39, 0.29) is 29.3 Å². The number of hydrogen-bond donors (Lipinski definition) is 3. The Kier molecular flexibility index (Phi) is 8.25. The molecule has 0 atom stereocenters. The minimum absolute atomic E-state index is 0.0334. The molecule has 3 aromatic carbocycles. The van der Waals surface area contributed by atoms with Crippen LogP contribution in [-0.2, 0) is 17.8 Å². The van der Waals surface area contributed by atoms with Crippen LogP contribution in [0.1, 0.15) is 21.6 Å². The average molecular weight is 515 g/mol. The Bertz CT molecular complexity index is 1460. The molecule has 1 aromatic heterocycles. The first-order valence-corrected chi connectivity index (χ1v) is 11.5. The van der Waals surface area contributed by atoms with Crippen molar-refractivity contribution in [1.82, 2.24) is 10.3 Å². The van der Waals surface area contributed by atoms with E-state index in [2.05, 4.69) is 15.6 Å². The molecule has 192 valence electrons. The number of rotatable bonds is 9. The van der Waals surface area contributed by atoms with Crippen LogP contribution in [0.3, 0.4) is 0 Å². The van der Waals surface area contributed by atoms with Crippen molar-refractivity contribution in [2.75, 3.05) is 5.32 Å². The second-order valence-electron chi connectivity index (χ2n) is 8.09. The minimum atomic E-state index is -0.820. The lowest BCUT2D eigenvalue weighted by Crippen LogP contribution is -2.35. The highest BCUT2D eigenvalue weighted by atomic mass is 19.1. The standard InChI is InChI=1S/C28H23FN4O5/c29-23-15-20(9-10-25(23)38-22-11-12-31-24(16-22)27(30)35)32-28(36)33-26(34)14-19-7-4-8-21(13-19)37-17-18-5-2-1-3-6-18/h1-13,15-16H,14,17H2,(H2,30,35)(H2,32,33,34,36). The number of aromatic nitrogens is 1. The largest absolute Gasteiger partial charge is 0.489 e. The van der Waals surface area contributed by atoms with Crippen molar-refractivity contribution < 1.29 is 28.2 Å². The number of nitrogens with two attached hydrogens (primary N) is 1. The Labute approximate surface area is 217 Å². The van der Waals surface area contributed by atoms with Crippen LogP contribution in [0.2, 0.25) is 0 Å². The summed E-state index contributed by atoms with van der Waals surface area (Å²) in [5.74, 6) is -1.47. The predicted octanol–water partition coefficient (Wildman–Crippen LogP) is 4.58. The first-order chi connectivity index (χ1) is 18.4. The summed E-state index contributed by atoms with van der Waals surface area (Å²) in [6.07, 6.45) is 1.24. The van der Waals surface area contributed by atoms with Gasteiger partial charge in [-0.1, -0.05) is 42.5 Å². The summed E-state index contributed by atoms with van der Waals surface area (Å²) in [4.78, 5) is 39.6. The van der Waals surface area contributed by atoms with E-state index in [1.54, 1.807) is 24.3 Å². The van der Waals surface area contributed by atoms with Gasteiger partial charge < -0.3 is 20.5 Å². The Morgan fingerprint density at radius 1 is 0.868 bits per heavy atom. The van der Waals surface area contributed by atoms with Crippen LogP contribution in [0.25, 0.3) is 0 Å². The van der Waals surface area contributed by atoms with E-state index in [1.807, 2.05) is 30.3 Å². The van der Waals surface area contributed by atoms with E-state index in [1.165, 1.54) is 30.5 Å². The molecule has 1 heterocycles. The zero-order valence-electron chi connectivity index (χ0n) is 20.0. The maximum absolute atomic E-state index is 14.5. The fourth-order valence-corrected chi connectivity index (χ4v) is 3.40. The molecule has 38 heavy (non-hydrogen) atoms. The number of urea groups is 1. The van der Waals surface area contributed by atoms with Gasteiger partial charge in [-0.2, -0.15) is 0 Å². The lowest BCUT2D eigenvalue weighted by atomic mass is 10.1. The highest BCUT2D eigenvalue weighted by Gasteiger charge is 2.13. The van der Waals surface area contributed by atoms with Crippen molar-refractivity contribution in [3.05, 3.63) is 114 Å². The SMILES string of the molecule is NC(=O)c1cc(Oc2ccc(NC(=O)NC(=O)Cc3cccc(OCc4ccccc4)c3)cc2F)ccn1. The van der Waals surface area contributed by atoms with Crippen LogP contribution in [-0.4, -0.2) is 22.8 Å². The van der Waals surface area contributed by atoms with Crippen LogP contribution in [0.5, 0.6) is 17.2 Å². The average Bonchev–Trinajstić information content (AvgIpc) is 2.90. The van der Waals surface area contributed by atoms with Gasteiger partial charge in [0.2, 0.25) is 5.91 Å². The molecule has 0 fully saturated rings. The number of benzene rings is 3. The van der Waals surface area contributed by atoms with Gasteiger partial charge in [-0.05, 0) is 41.5 Å². The molecule has 0 saturated heterocycles. The maximum Gasteiger partial charge on any atom is 0.325 e. The Morgan fingerprint density at radius 3 is 2.42 bits per heavy atom. The van der Waals surface area contributed by atoms with E-state index < -0.39 is 23.7 Å². The van der Waals surface area contributed by atoms with Gasteiger partial charge in [0.15, 0.2) is 11.6 Å². The smallest absolute Gasteiger partial charge is 0.325 e. The molecular weight excluding hydrogens is 491 g/mol. The van der Waals surface area contributed by atoms with Gasteiger partial charge in [-0.15, -0.1) is 0 Å². The summed E-state index contributed by atoms with van der Waals surface area (Å²) in [6.45, 7) is 0.385. The molecule has 0 aliphatic heterocycles. The molecule has 10 heteroatoms. The molecule has 0 unspecified atom stereocenters. The van der Waals surface area contributed by atoms with Crippen molar-refractivity contribution in [3.8, 4) is 17.2 Å². The summed E-state index contributed by atoms with van der Waals surface area (Å²) in [5, 5.41) is 4.61. The summed E-state index contributed by atoms with van der Waals surface area (Å²) in [5.41, 5.74) is 6.92. The summed E-state index contributed by atoms with van der Waals surface area (Å²) < 4.78 is 25.7. The predicted molar refractivity (Wildman–Crippen MR) is 137 cm³/mol. The van der Waals surface area contributed by atoms with E-state index in [4.69, 9.17) is 15.2 Å². The van der Waals surface area contributed by atoms with Crippen molar-refractivity contribution in [3.63, 3.8) is 0 Å². The fraction of sp³-hybridized carbons (Fsp3) is 0.0714. The molecule has 0 spiro atoms. The summed E-state index contributed by atoms with van der Waals surface area (Å²) >= 11 is 0. The number of primary amides is 1. The van der Waals surface area contributed by atoms with Crippen molar-refractivity contribution in [2.24, 2.45) is 5.73 Å². The Balaban J connectivity index is 1.29. The van der Waals surface area contributed by atoms with Crippen LogP contribution >= 0.6 is 0 Å². The fourth-order valence-electron chi connectivity index (χ4n) is 3.40. The van der Waals surface area contributed by atoms with E-state index in [9.17, 15) is 18.8 Å². The molecule has 9 nitrogen and oxygen atoms in total. The number of pyridine rings is 1. The van der Waals surface area contributed by atoms with Gasteiger partial charge in [-0.25, -0.2) is 9.18 Å². The van der Waals surface area contributed by atoms with Gasteiger partial charge in [-0.3, -0.25) is 19.9 Å². The number of anilines is 1. The molecule has 0 radical (unpaired) electrons. The molecule has 4 amide bonds. The number of carbonyl (C=O) groups is 3. The molecule has 0 bridgehead atoms. The quantitative estimate of drug-likeness (QED) is 0.299. The highest BCUT2D eigenvalue weighted by molar-refractivity contribution is 6.01. The summed E-state index contributed by atoms with van der Waals surface area (Å²) in [6, 6.07) is 22.3. The van der Waals surface area contributed by atoms with Crippen LogP contribution < -0.4 is 25.8 Å². The number of nitrogens with zero attached hydrogens (tertiary/aromatic N) is 1. The Hall–Kier alpha value is -5.25. The highest BCUT2D eigenvalue weighted by Crippen LogP contribution is 2.27. The monoisotopic (exact) mass is 514 g/mol. The normalized spacial score (nSPS) is 10.3. The Morgan fingerprint density at radius 2 is 1.66 bits per heavy atom. The van der Waals surface area contributed by atoms with Gasteiger partial charge in [0.25, 0.3) is 5.91 Å². The van der Waals surface area contributed by atoms with E-state index >= 15 is 0 Å². The van der Waals surface area contributed by atoms with Crippen LogP contribution in [0, 0.1) is 5.82 Å². The van der Waals surface area contributed by atoms with Gasteiger partial charge in [0.05, 0.1) is 6.42 Å². The first-order valence-electron chi connectivity index (χ1n) is 11.5. The lowest BCUT2D eigenvalue weighted by Gasteiger charge is -2.11. The number of imide groups is 1. The number of nitrogens with one attached hydrogen (secondary N) is 2. The molecule has 4 aromatic rings. The number of halogens is 1. The molecular formula is C28H23FN4O5. The molecule has 0 aliphatic rings. The third-order valence-corrected chi connectivity index (χ3v) is 5.17. The van der Waals surface area contributed by atoms with Crippen molar-refractivity contribution >= 4 is 23.5 Å². The zero-order chi connectivity index (χ0) is 26.9. The third kappa shape index (κ3) is 7.37. The first kappa shape index (κ1) is 25.8. The van der Waals surface area contributed by atoms with Crippen molar-refractivity contribution in [1.29, 1.82) is 0 Å². The second-order valence-corrected chi connectivity index (χ2v) is 8.09. The molecule has 0 saturated carbocycles. The third-order valence-electron chi connectivity index (χ3n) is 5.17. The van der Waals surface area contributed by atoms with E-state index in [0.29, 0.717) is 17.9 Å². The second kappa shape index (κ2) is 12.1. The van der Waals surface area contributed by atoms with E-state index in [0.717, 1.165) is 11.6 Å². The van der Waals surface area contributed by atoms with Gasteiger partial charge in [0.1, 0.15) is 23.8 Å². The summed E-state index contributed by atoms with van der Waals surface area (Å²) in [7, 11) is 0. The zero-order valence-corrected chi connectivity index (χ0v) is 20.0. The number of amides is 4. The lowest BCUT2D eigenvalue weighted by molar-refractivity contribution is -0.119. The topological polar surface area (TPSA) is 133 Å². The minimum Gasteiger partial charge on any atom is -0.489 e. The van der Waals surface area contributed by atoms with Crippen LogP contribution in [0.4, 0.5) is 14.9 Å². The van der Waals surface area contributed by atoms with Crippen LogP contribution in [0.15, 0.2) is 91.1 Å². The van der Waals surface area contributed by atoms with Gasteiger partial charge in [0, 0.05) is 24.0 Å². The van der Waals surface area contributed by atoms with Gasteiger partial charge >= 0.3 is 6.03 Å². The van der Waals surface area contributed by atoms with Crippen molar-refractivity contribution in [2.45, 2.75) is 13.0 Å². The maximum atomic E-state index is 14.5. The number of carbonyl (C=O) groups excluding carboxylic acids is 3. The molecule has 4 N–H and O–H groups in total. The number of ether oxygens (including phenoxy) is 2. The molecule has 0 aliphatic carbocycles. The number of hydrogen-bond acceptors (Lipinski definition) is 6.